The van der Waals surface area contributed by atoms with Crippen molar-refractivity contribution in [3.63, 3.8) is 0 Å². The maximum atomic E-state index is 13.4. The summed E-state index contributed by atoms with van der Waals surface area (Å²) in [4.78, 5) is 13.4. The predicted octanol–water partition coefficient (Wildman–Crippen LogP) is 19.2. The molecule has 2 aliphatic rings. The predicted molar refractivity (Wildman–Crippen MR) is 401 cm³/mol. The zero-order chi connectivity index (χ0) is 70.1. The van der Waals surface area contributed by atoms with Crippen LogP contribution in [0.4, 0.5) is 0 Å². The second-order valence-electron chi connectivity index (χ2n) is 29.6. The molecule has 0 aromatic heterocycles. The Labute approximate surface area is 595 Å². The monoisotopic (exact) mass is 1380 g/mol. The van der Waals surface area contributed by atoms with Crippen molar-refractivity contribution in [2.75, 3.05) is 19.8 Å². The normalized spacial score (nSPS) is 22.2. The molecule has 2 fully saturated rings. The van der Waals surface area contributed by atoms with E-state index in [0.29, 0.717) is 12.8 Å². The van der Waals surface area contributed by atoms with E-state index < -0.39 is 86.8 Å². The number of hydrogen-bond acceptors (Lipinski definition) is 13. The Bertz CT molecular complexity index is 1770. The standard InChI is InChI=1S/C83H157NO13/c1-3-5-7-9-11-13-15-17-19-21-23-25-27-29-31-32-33-34-35-36-37-38-39-41-43-45-47-49-51-53-55-57-59-61-63-65-67-75(88)84-71(70-94-82-80(93)78(91)81(74(69-86)96-82)97-83-79(92)77(90)76(89)73(68-85)95-83)72(87)66-64-62-60-58-56-54-52-50-48-46-44-42-40-30-28-26-24-22-20-18-16-14-12-10-8-6-4-2/h48,50,56,58,64,66,71-74,76-83,85-87,89-93H,3-47,49,51-55,57,59-63,65,67-70H2,1-2H3,(H,84,88)/b50-48+,58-56+,66-64+. The molecule has 14 nitrogen and oxygen atoms in total. The highest BCUT2D eigenvalue weighted by Gasteiger charge is 2.51. The van der Waals surface area contributed by atoms with Crippen LogP contribution in [-0.4, -0.2) is 140 Å². The Balaban J connectivity index is 1.60. The van der Waals surface area contributed by atoms with Gasteiger partial charge in [0.25, 0.3) is 0 Å². The van der Waals surface area contributed by atoms with E-state index in [1.165, 1.54) is 315 Å². The fourth-order valence-electron chi connectivity index (χ4n) is 14.0. The van der Waals surface area contributed by atoms with Crippen molar-refractivity contribution in [2.24, 2.45) is 0 Å². The summed E-state index contributed by atoms with van der Waals surface area (Å²) in [6, 6.07) is -0.938. The van der Waals surface area contributed by atoms with Crippen LogP contribution >= 0.6 is 0 Å². The minimum absolute atomic E-state index is 0.245. The third-order valence-electron chi connectivity index (χ3n) is 20.6. The lowest BCUT2D eigenvalue weighted by Crippen LogP contribution is -2.65. The highest BCUT2D eigenvalue weighted by molar-refractivity contribution is 5.76. The van der Waals surface area contributed by atoms with Gasteiger partial charge in [0.15, 0.2) is 12.6 Å². The lowest BCUT2D eigenvalue weighted by atomic mass is 9.97. The fraction of sp³-hybridized carbons (Fsp3) is 0.916. The molecule has 0 aromatic carbocycles. The van der Waals surface area contributed by atoms with E-state index in [-0.39, 0.29) is 18.9 Å². The Morgan fingerprint density at radius 2 is 0.660 bits per heavy atom. The van der Waals surface area contributed by atoms with Gasteiger partial charge in [-0.15, -0.1) is 0 Å². The van der Waals surface area contributed by atoms with Crippen molar-refractivity contribution >= 4 is 5.91 Å². The Kier molecular flexibility index (Phi) is 63.4. The summed E-state index contributed by atoms with van der Waals surface area (Å²) in [5.74, 6) is -0.245. The molecule has 2 aliphatic heterocycles. The third kappa shape index (κ3) is 50.3. The van der Waals surface area contributed by atoms with Crippen LogP contribution < -0.4 is 5.32 Å². The molecular weight excluding hydrogens is 1220 g/mol. The van der Waals surface area contributed by atoms with Crippen molar-refractivity contribution in [1.82, 2.24) is 5.32 Å². The number of aliphatic hydroxyl groups is 8. The number of aliphatic hydroxyl groups excluding tert-OH is 8. The first-order valence-electron chi connectivity index (χ1n) is 41.7. The molecule has 1 amide bonds. The minimum atomic E-state index is -1.79. The van der Waals surface area contributed by atoms with Crippen LogP contribution in [0.25, 0.3) is 0 Å². The van der Waals surface area contributed by atoms with E-state index in [9.17, 15) is 45.6 Å². The molecule has 9 N–H and O–H groups in total. The van der Waals surface area contributed by atoms with Crippen molar-refractivity contribution in [1.29, 1.82) is 0 Å². The molecule has 0 bridgehead atoms. The summed E-state index contributed by atoms with van der Waals surface area (Å²) in [6.07, 6.45) is 72.6. The molecule has 2 rings (SSSR count). The molecular formula is C83H157NO13. The van der Waals surface area contributed by atoms with Gasteiger partial charge in [-0.2, -0.15) is 0 Å². The van der Waals surface area contributed by atoms with Crippen LogP contribution in [0.5, 0.6) is 0 Å². The number of hydrogen-bond donors (Lipinski definition) is 9. The van der Waals surface area contributed by atoms with Crippen LogP contribution in [0.3, 0.4) is 0 Å². The van der Waals surface area contributed by atoms with Crippen molar-refractivity contribution < 1.29 is 64.6 Å². The van der Waals surface area contributed by atoms with E-state index in [1.54, 1.807) is 6.08 Å². The number of ether oxygens (including phenoxy) is 4. The van der Waals surface area contributed by atoms with E-state index in [1.807, 2.05) is 6.08 Å². The van der Waals surface area contributed by atoms with Gasteiger partial charge in [0.2, 0.25) is 5.91 Å². The molecule has 14 heteroatoms. The molecule has 2 heterocycles. The summed E-state index contributed by atoms with van der Waals surface area (Å²) in [7, 11) is 0. The molecule has 0 aliphatic carbocycles. The maximum absolute atomic E-state index is 13.4. The number of unbranched alkanes of at least 4 members (excludes halogenated alkanes) is 54. The van der Waals surface area contributed by atoms with Gasteiger partial charge in [-0.25, -0.2) is 0 Å². The Morgan fingerprint density at radius 3 is 1.01 bits per heavy atom. The Morgan fingerprint density at radius 1 is 0.361 bits per heavy atom. The zero-order valence-corrected chi connectivity index (χ0v) is 62.9. The number of nitrogens with one attached hydrogen (secondary N) is 1. The zero-order valence-electron chi connectivity index (χ0n) is 62.9. The molecule has 12 unspecified atom stereocenters. The number of amides is 1. The largest absolute Gasteiger partial charge is 0.394 e. The summed E-state index contributed by atoms with van der Waals surface area (Å²) in [6.45, 7) is 2.85. The van der Waals surface area contributed by atoms with Crippen LogP contribution in [0, 0.1) is 0 Å². The first kappa shape index (κ1) is 91.3. The number of carbonyl (C=O) groups is 1. The lowest BCUT2D eigenvalue weighted by Gasteiger charge is -2.46. The molecule has 0 aromatic rings. The fourth-order valence-corrected chi connectivity index (χ4v) is 14.0. The highest BCUT2D eigenvalue weighted by Crippen LogP contribution is 2.30. The highest BCUT2D eigenvalue weighted by atomic mass is 16.7. The van der Waals surface area contributed by atoms with Gasteiger partial charge in [0.05, 0.1) is 32.0 Å². The van der Waals surface area contributed by atoms with Crippen LogP contribution in [0.1, 0.15) is 393 Å². The summed E-state index contributed by atoms with van der Waals surface area (Å²) < 4.78 is 22.9. The van der Waals surface area contributed by atoms with Gasteiger partial charge in [-0.3, -0.25) is 4.79 Å². The second kappa shape index (κ2) is 67.4. The number of allylic oxidation sites excluding steroid dienone is 5. The number of rotatable bonds is 71. The van der Waals surface area contributed by atoms with Gasteiger partial charge in [0.1, 0.15) is 48.8 Å². The van der Waals surface area contributed by atoms with Crippen molar-refractivity contribution in [3.8, 4) is 0 Å². The minimum Gasteiger partial charge on any atom is -0.394 e. The van der Waals surface area contributed by atoms with Gasteiger partial charge >= 0.3 is 0 Å². The number of carbonyl (C=O) groups excluding carboxylic acids is 1. The van der Waals surface area contributed by atoms with Crippen molar-refractivity contribution in [2.45, 2.75) is 466 Å². The topological polar surface area (TPSA) is 228 Å². The smallest absolute Gasteiger partial charge is 0.220 e. The van der Waals surface area contributed by atoms with E-state index in [0.717, 1.165) is 44.9 Å². The van der Waals surface area contributed by atoms with Crippen LogP contribution in [-0.2, 0) is 23.7 Å². The van der Waals surface area contributed by atoms with Crippen LogP contribution in [0.2, 0.25) is 0 Å². The average molecular weight is 1380 g/mol. The van der Waals surface area contributed by atoms with E-state index in [2.05, 4.69) is 43.5 Å². The SMILES string of the molecule is CCCCCCCCCCCCCCCCCCC/C=C/CC/C=C/CC/C=C/C(O)C(COC1OC(CO)C(OC2OC(CO)C(O)C(O)C2O)C(O)C1O)NC(=O)CCCCCCCCCCCCCCCCCCCCCCCCCCCCCCCCCCCCCC. The molecule has 97 heavy (non-hydrogen) atoms. The maximum Gasteiger partial charge on any atom is 0.220 e. The second-order valence-corrected chi connectivity index (χ2v) is 29.6. The van der Waals surface area contributed by atoms with Gasteiger partial charge in [0, 0.05) is 6.42 Å². The molecule has 0 radical (unpaired) electrons. The van der Waals surface area contributed by atoms with Gasteiger partial charge in [-0.1, -0.05) is 378 Å². The summed E-state index contributed by atoms with van der Waals surface area (Å²) in [5, 5.41) is 87.7. The Hall–Kier alpha value is -1.79. The molecule has 2 saturated heterocycles. The average Bonchev–Trinajstić information content (AvgIpc) is 0.826. The van der Waals surface area contributed by atoms with Crippen molar-refractivity contribution in [3.05, 3.63) is 36.5 Å². The molecule has 0 saturated carbocycles. The quantitative estimate of drug-likeness (QED) is 0.0204. The molecule has 0 spiro atoms. The summed E-state index contributed by atoms with van der Waals surface area (Å²) >= 11 is 0. The van der Waals surface area contributed by atoms with Crippen LogP contribution in [0.15, 0.2) is 36.5 Å². The van der Waals surface area contributed by atoms with E-state index in [4.69, 9.17) is 18.9 Å². The molecule has 12 atom stereocenters. The molecule has 572 valence electrons. The lowest BCUT2D eigenvalue weighted by molar-refractivity contribution is -0.359. The summed E-state index contributed by atoms with van der Waals surface area (Å²) in [5.41, 5.74) is 0. The third-order valence-corrected chi connectivity index (χ3v) is 20.6. The van der Waals surface area contributed by atoms with E-state index >= 15 is 0 Å². The first-order valence-corrected chi connectivity index (χ1v) is 41.7. The first-order chi connectivity index (χ1) is 47.6. The van der Waals surface area contributed by atoms with Gasteiger partial charge in [-0.05, 0) is 44.9 Å². The van der Waals surface area contributed by atoms with Gasteiger partial charge < -0.3 is 65.1 Å².